The predicted octanol–water partition coefficient (Wildman–Crippen LogP) is 4.07. The minimum Gasteiger partial charge on any atom is -0.469 e. The van der Waals surface area contributed by atoms with E-state index in [-0.39, 0.29) is 17.3 Å². The first-order chi connectivity index (χ1) is 15.2. The molecule has 3 heterocycles. The summed E-state index contributed by atoms with van der Waals surface area (Å²) in [6, 6.07) is 10.8. The van der Waals surface area contributed by atoms with Gasteiger partial charge in [-0.05, 0) is 18.2 Å². The summed E-state index contributed by atoms with van der Waals surface area (Å²) >= 11 is 0. The standard InChI is InChI=1S/C26H22N2O4/c1-25(2,3)24(31)21-20(18-9-6-12-32-18)26(19-11-10-15(13-27)14-28(19)21)22(29)16-7-4-5-8-17(16)23(26)30/h4-12,14,19-21H,1-3H3/t19-,20-,21+/m0/s1. The zero-order valence-electron chi connectivity index (χ0n) is 18.0. The number of rotatable bonds is 2. The molecule has 1 aromatic heterocycles. The van der Waals surface area contributed by atoms with E-state index in [2.05, 4.69) is 6.07 Å². The van der Waals surface area contributed by atoms with Gasteiger partial charge in [0.25, 0.3) is 0 Å². The number of hydrogen-bond donors (Lipinski definition) is 0. The molecule has 0 unspecified atom stereocenters. The fraction of sp³-hybridized carbons (Fsp3) is 0.308. The number of carbonyl (C=O) groups excluding carboxylic acids is 3. The van der Waals surface area contributed by atoms with Gasteiger partial charge in [-0.3, -0.25) is 14.4 Å². The van der Waals surface area contributed by atoms with Gasteiger partial charge in [0.1, 0.15) is 17.2 Å². The van der Waals surface area contributed by atoms with E-state index in [9.17, 15) is 19.6 Å². The van der Waals surface area contributed by atoms with Gasteiger partial charge < -0.3 is 9.32 Å². The van der Waals surface area contributed by atoms with Crippen LogP contribution in [-0.2, 0) is 4.79 Å². The molecule has 5 rings (SSSR count). The smallest absolute Gasteiger partial charge is 0.180 e. The van der Waals surface area contributed by atoms with Crippen LogP contribution in [0.4, 0.5) is 0 Å². The number of nitriles is 1. The monoisotopic (exact) mass is 426 g/mol. The summed E-state index contributed by atoms with van der Waals surface area (Å²) in [7, 11) is 0. The first-order valence-corrected chi connectivity index (χ1v) is 10.6. The van der Waals surface area contributed by atoms with Crippen LogP contribution in [0, 0.1) is 22.2 Å². The van der Waals surface area contributed by atoms with Crippen molar-refractivity contribution >= 4 is 17.3 Å². The molecule has 0 N–H and O–H groups in total. The molecule has 0 amide bonds. The molecule has 1 aliphatic carbocycles. The van der Waals surface area contributed by atoms with Crippen LogP contribution in [0.15, 0.2) is 71.0 Å². The summed E-state index contributed by atoms with van der Waals surface area (Å²) < 4.78 is 5.76. The van der Waals surface area contributed by atoms with E-state index in [4.69, 9.17) is 4.42 Å². The number of ketones is 3. The highest BCUT2D eigenvalue weighted by atomic mass is 16.3. The molecule has 1 spiro atoms. The van der Waals surface area contributed by atoms with Crippen molar-refractivity contribution in [2.45, 2.75) is 38.8 Å². The third kappa shape index (κ3) is 2.42. The highest BCUT2D eigenvalue weighted by Gasteiger charge is 2.72. The number of hydrogen-bond acceptors (Lipinski definition) is 6. The third-order valence-corrected chi connectivity index (χ3v) is 6.82. The number of allylic oxidation sites excluding steroid dienone is 2. The Morgan fingerprint density at radius 2 is 1.75 bits per heavy atom. The molecule has 32 heavy (non-hydrogen) atoms. The molecular weight excluding hydrogens is 404 g/mol. The Morgan fingerprint density at radius 1 is 1.09 bits per heavy atom. The number of Topliss-reactive ketones (excluding diaryl/α,β-unsaturated/α-hetero) is 3. The lowest BCUT2D eigenvalue weighted by Crippen LogP contribution is -2.47. The second-order valence-electron chi connectivity index (χ2n) is 9.57. The van der Waals surface area contributed by atoms with Gasteiger partial charge in [0, 0.05) is 22.7 Å². The molecular formula is C26H22N2O4. The molecule has 2 aromatic rings. The normalized spacial score (nSPS) is 25.5. The second kappa shape index (κ2) is 6.64. The van der Waals surface area contributed by atoms with Gasteiger partial charge in [-0.25, -0.2) is 0 Å². The summed E-state index contributed by atoms with van der Waals surface area (Å²) in [5.74, 6) is -1.16. The largest absolute Gasteiger partial charge is 0.469 e. The van der Waals surface area contributed by atoms with Crippen molar-refractivity contribution in [1.82, 2.24) is 4.90 Å². The molecule has 2 aliphatic heterocycles. The van der Waals surface area contributed by atoms with E-state index in [1.54, 1.807) is 59.7 Å². The lowest BCUT2D eigenvalue weighted by Gasteiger charge is -2.34. The molecule has 3 atom stereocenters. The first-order valence-electron chi connectivity index (χ1n) is 10.6. The van der Waals surface area contributed by atoms with Crippen molar-refractivity contribution in [2.24, 2.45) is 10.8 Å². The average Bonchev–Trinajstić information content (AvgIpc) is 3.45. The predicted molar refractivity (Wildman–Crippen MR) is 116 cm³/mol. The average molecular weight is 426 g/mol. The Hall–Kier alpha value is -3.72. The van der Waals surface area contributed by atoms with Crippen LogP contribution >= 0.6 is 0 Å². The molecule has 0 bridgehead atoms. The molecule has 1 aromatic carbocycles. The molecule has 0 saturated carbocycles. The Labute approximate surface area is 185 Å². The van der Waals surface area contributed by atoms with Crippen molar-refractivity contribution in [2.75, 3.05) is 0 Å². The fourth-order valence-corrected chi connectivity index (χ4v) is 5.45. The fourth-order valence-electron chi connectivity index (χ4n) is 5.45. The van der Waals surface area contributed by atoms with Crippen LogP contribution in [0.3, 0.4) is 0 Å². The van der Waals surface area contributed by atoms with E-state index in [0.29, 0.717) is 22.5 Å². The van der Waals surface area contributed by atoms with Gasteiger partial charge >= 0.3 is 0 Å². The molecule has 6 nitrogen and oxygen atoms in total. The summed E-state index contributed by atoms with van der Waals surface area (Å²) in [6.45, 7) is 5.45. The van der Waals surface area contributed by atoms with E-state index in [1.807, 2.05) is 20.8 Å². The Balaban J connectivity index is 1.83. The molecule has 160 valence electrons. The molecule has 1 saturated heterocycles. The van der Waals surface area contributed by atoms with Gasteiger partial charge in [-0.2, -0.15) is 5.26 Å². The maximum absolute atomic E-state index is 14.0. The van der Waals surface area contributed by atoms with Gasteiger partial charge in [0.15, 0.2) is 17.3 Å². The van der Waals surface area contributed by atoms with Crippen LogP contribution in [-0.4, -0.2) is 34.3 Å². The summed E-state index contributed by atoms with van der Waals surface area (Å²) in [6.07, 6.45) is 6.43. The van der Waals surface area contributed by atoms with Gasteiger partial charge in [-0.15, -0.1) is 0 Å². The Morgan fingerprint density at radius 3 is 2.28 bits per heavy atom. The van der Waals surface area contributed by atoms with E-state index < -0.39 is 28.8 Å². The third-order valence-electron chi connectivity index (χ3n) is 6.82. The SMILES string of the molecule is CC(C)(C)C(=O)[C@H]1[C@H](c2ccco2)C2(C(=O)c3ccccc3C2=O)[C@@H]2C=CC(C#N)=CN21. The Kier molecular flexibility index (Phi) is 4.19. The molecule has 3 aliphatic rings. The zero-order chi connectivity index (χ0) is 22.8. The van der Waals surface area contributed by atoms with Crippen molar-refractivity contribution in [3.8, 4) is 6.07 Å². The van der Waals surface area contributed by atoms with E-state index in [0.717, 1.165) is 0 Å². The van der Waals surface area contributed by atoms with Crippen molar-refractivity contribution in [1.29, 1.82) is 5.26 Å². The van der Waals surface area contributed by atoms with E-state index >= 15 is 0 Å². The Bertz CT molecular complexity index is 1220. The molecule has 1 fully saturated rings. The van der Waals surface area contributed by atoms with Crippen molar-refractivity contribution in [3.05, 3.63) is 83.5 Å². The summed E-state index contributed by atoms with van der Waals surface area (Å²) in [5.41, 5.74) is -1.22. The first kappa shape index (κ1) is 20.2. The lowest BCUT2D eigenvalue weighted by atomic mass is 9.65. The quantitative estimate of drug-likeness (QED) is 0.672. The lowest BCUT2D eigenvalue weighted by molar-refractivity contribution is -0.130. The maximum atomic E-state index is 14.0. The number of fused-ring (bicyclic) bond motifs is 3. The second-order valence-corrected chi connectivity index (χ2v) is 9.57. The molecule has 0 radical (unpaired) electrons. The minimum absolute atomic E-state index is 0.124. The van der Waals surface area contributed by atoms with E-state index in [1.165, 1.54) is 6.26 Å². The summed E-state index contributed by atoms with van der Waals surface area (Å²) in [4.78, 5) is 43.6. The van der Waals surface area contributed by atoms with Crippen LogP contribution in [0.2, 0.25) is 0 Å². The van der Waals surface area contributed by atoms with Crippen LogP contribution in [0.25, 0.3) is 0 Å². The summed E-state index contributed by atoms with van der Waals surface area (Å²) in [5, 5.41) is 9.51. The van der Waals surface area contributed by atoms with Crippen LogP contribution < -0.4 is 0 Å². The van der Waals surface area contributed by atoms with Gasteiger partial charge in [0.2, 0.25) is 0 Å². The van der Waals surface area contributed by atoms with Crippen LogP contribution in [0.1, 0.15) is 53.2 Å². The van der Waals surface area contributed by atoms with Crippen molar-refractivity contribution < 1.29 is 18.8 Å². The van der Waals surface area contributed by atoms with Crippen LogP contribution in [0.5, 0.6) is 0 Å². The van der Waals surface area contributed by atoms with Crippen molar-refractivity contribution in [3.63, 3.8) is 0 Å². The topological polar surface area (TPSA) is 91.4 Å². The van der Waals surface area contributed by atoms with Gasteiger partial charge in [-0.1, -0.05) is 51.1 Å². The minimum atomic E-state index is -1.55. The highest BCUT2D eigenvalue weighted by Crippen LogP contribution is 2.59. The number of benzene rings is 1. The van der Waals surface area contributed by atoms with Gasteiger partial charge in [0.05, 0.1) is 29.8 Å². The highest BCUT2D eigenvalue weighted by molar-refractivity contribution is 6.31. The zero-order valence-corrected chi connectivity index (χ0v) is 18.0. The maximum Gasteiger partial charge on any atom is 0.180 e. The number of carbonyl (C=O) groups is 3. The molecule has 6 heteroatoms. The number of nitrogens with zero attached hydrogens (tertiary/aromatic N) is 2. The number of furan rings is 1.